The molecule has 4 saturated heterocycles. The average Bonchev–Trinajstić information content (AvgIpc) is 3.18. The Kier molecular flexibility index (Phi) is 7.01. The first kappa shape index (κ1) is 28.8. The van der Waals surface area contributed by atoms with E-state index >= 15 is 0 Å². The lowest BCUT2D eigenvalue weighted by atomic mass is 9.95. The Hall–Kier alpha value is -3.17. The average molecular weight is 583 g/mol. The summed E-state index contributed by atoms with van der Waals surface area (Å²) in [7, 11) is -3.57. The fourth-order valence-electron chi connectivity index (χ4n) is 5.43. The van der Waals surface area contributed by atoms with Crippen molar-refractivity contribution >= 4 is 51.3 Å². The number of nitrogens with one attached hydrogen (secondary N) is 1. The van der Waals surface area contributed by atoms with Gasteiger partial charge in [0.25, 0.3) is 0 Å². The molecule has 39 heavy (non-hydrogen) atoms. The van der Waals surface area contributed by atoms with Crippen LogP contribution < -0.4 is 11.1 Å². The number of fused-ring (bicyclic) bond motifs is 2. The van der Waals surface area contributed by atoms with Gasteiger partial charge < -0.3 is 31.1 Å². The molecule has 0 aromatic heterocycles. The first-order chi connectivity index (χ1) is 17.9. The van der Waals surface area contributed by atoms with Crippen LogP contribution in [-0.2, 0) is 33.8 Å². The predicted molar refractivity (Wildman–Crippen MR) is 139 cm³/mol. The molecule has 1 aromatic rings. The van der Waals surface area contributed by atoms with Crippen LogP contribution in [0.1, 0.15) is 45.7 Å². The first-order valence-electron chi connectivity index (χ1n) is 12.1. The summed E-state index contributed by atoms with van der Waals surface area (Å²) in [4.78, 5) is 60.6. The third-order valence-corrected chi connectivity index (χ3v) is 12.0. The number of carboxylic acids is 2. The van der Waals surface area contributed by atoms with E-state index in [4.69, 9.17) is 10.8 Å². The molecule has 5 N–H and O–H groups in total. The van der Waals surface area contributed by atoms with E-state index in [0.717, 1.165) is 4.90 Å². The van der Waals surface area contributed by atoms with Gasteiger partial charge >= 0.3 is 11.9 Å². The van der Waals surface area contributed by atoms with Crippen molar-refractivity contribution in [1.29, 1.82) is 0 Å². The molecule has 0 saturated carbocycles. The fourth-order valence-corrected chi connectivity index (χ4v) is 9.18. The van der Waals surface area contributed by atoms with Crippen LogP contribution in [0.4, 0.5) is 0 Å². The van der Waals surface area contributed by atoms with Gasteiger partial charge in [0.1, 0.15) is 34.9 Å². The maximum atomic E-state index is 12.3. The van der Waals surface area contributed by atoms with Crippen molar-refractivity contribution in [1.82, 2.24) is 15.1 Å². The monoisotopic (exact) mass is 582 g/mol. The smallest absolute Gasteiger partial charge is 0.328 e. The number of β-lactam (4-membered cyclic amide) rings is 2. The van der Waals surface area contributed by atoms with E-state index in [1.165, 1.54) is 30.5 Å². The number of carbonyl (C=O) groups excluding carboxylic acids is 3. The lowest BCUT2D eigenvalue weighted by Gasteiger charge is -2.43. The molecule has 13 nitrogen and oxygen atoms in total. The molecular formula is C24H30N4O9S2. The Bertz CT molecular complexity index is 1350. The number of rotatable bonds is 5. The highest BCUT2D eigenvalue weighted by Gasteiger charge is 2.68. The van der Waals surface area contributed by atoms with Gasteiger partial charge in [-0.2, -0.15) is 0 Å². The zero-order valence-corrected chi connectivity index (χ0v) is 23.2. The van der Waals surface area contributed by atoms with Crippen LogP contribution in [0.2, 0.25) is 0 Å². The Balaban J connectivity index is 0.000000202. The van der Waals surface area contributed by atoms with Crippen molar-refractivity contribution < 1.29 is 42.6 Å². The van der Waals surface area contributed by atoms with E-state index in [2.05, 4.69) is 5.32 Å². The highest BCUT2D eigenvalue weighted by atomic mass is 32.2. The van der Waals surface area contributed by atoms with Gasteiger partial charge in [0.2, 0.25) is 17.7 Å². The summed E-state index contributed by atoms with van der Waals surface area (Å²) < 4.78 is 21.7. The molecule has 0 bridgehead atoms. The molecule has 0 spiro atoms. The van der Waals surface area contributed by atoms with Crippen LogP contribution in [0.5, 0.6) is 0 Å². The summed E-state index contributed by atoms with van der Waals surface area (Å²) in [6.45, 7) is 6.28. The summed E-state index contributed by atoms with van der Waals surface area (Å²) in [6, 6.07) is 5.12. The van der Waals surface area contributed by atoms with Gasteiger partial charge in [0.15, 0.2) is 9.84 Å². The largest absolute Gasteiger partial charge is 0.480 e. The minimum absolute atomic E-state index is 0.0878. The summed E-state index contributed by atoms with van der Waals surface area (Å²) in [5.74, 6) is -3.52. The van der Waals surface area contributed by atoms with Gasteiger partial charge in [-0.05, 0) is 33.3 Å². The zero-order chi connectivity index (χ0) is 29.2. The van der Waals surface area contributed by atoms with Gasteiger partial charge in [-0.25, -0.2) is 18.0 Å². The van der Waals surface area contributed by atoms with E-state index < -0.39 is 72.6 Å². The summed E-state index contributed by atoms with van der Waals surface area (Å²) in [5.41, 5.74) is 6.59. The number of aliphatic carboxylic acids is 2. The highest BCUT2D eigenvalue weighted by molar-refractivity contribution is 8.01. The molecular weight excluding hydrogens is 552 g/mol. The quantitative estimate of drug-likeness (QED) is 0.326. The van der Waals surface area contributed by atoms with E-state index in [0.29, 0.717) is 5.56 Å². The summed E-state index contributed by atoms with van der Waals surface area (Å²) in [6.07, 6.45) is -0.0878. The van der Waals surface area contributed by atoms with E-state index in [1.807, 2.05) is 6.07 Å². The minimum Gasteiger partial charge on any atom is -0.480 e. The van der Waals surface area contributed by atoms with Crippen molar-refractivity contribution in [3.63, 3.8) is 0 Å². The standard InChI is InChI=1S/C16H19N3O4S.C8H11NO5S/c1-16(2)11(15(22)23)19-13(21)10(14(19)24-16)18-12(20)9(17)8-6-4-3-5-7-8;1-8(2)6(7(11)12)9-4(10)3-5(9)15(8,13)14/h3-7,9-11,14H,17H2,1-2H3,(H,18,20)(H,22,23);5-6H,3H2,1-2H3,(H,11,12)/t9-,10-,11+,14-;5-,6+/m11/s1. The van der Waals surface area contributed by atoms with Crippen LogP contribution >= 0.6 is 11.8 Å². The summed E-state index contributed by atoms with van der Waals surface area (Å²) >= 11 is 1.38. The zero-order valence-electron chi connectivity index (χ0n) is 21.6. The molecule has 1 aromatic carbocycles. The number of benzene rings is 1. The van der Waals surface area contributed by atoms with Crippen molar-refractivity contribution in [3.05, 3.63) is 35.9 Å². The van der Waals surface area contributed by atoms with Crippen LogP contribution in [0.3, 0.4) is 0 Å². The van der Waals surface area contributed by atoms with Crippen LogP contribution in [0, 0.1) is 0 Å². The second kappa shape index (κ2) is 9.48. The molecule has 4 aliphatic rings. The number of sulfone groups is 1. The number of carbonyl (C=O) groups is 5. The Morgan fingerprint density at radius 2 is 1.59 bits per heavy atom. The van der Waals surface area contributed by atoms with Crippen molar-refractivity contribution in [2.75, 3.05) is 0 Å². The topological polar surface area (TPSA) is 204 Å². The maximum Gasteiger partial charge on any atom is 0.328 e. The molecule has 4 fully saturated rings. The second-order valence-electron chi connectivity index (χ2n) is 10.8. The molecule has 3 amide bonds. The first-order valence-corrected chi connectivity index (χ1v) is 14.5. The van der Waals surface area contributed by atoms with E-state index in [9.17, 15) is 37.5 Å². The van der Waals surface area contributed by atoms with Crippen LogP contribution in [-0.4, -0.2) is 96.5 Å². The molecule has 0 aliphatic carbocycles. The molecule has 0 radical (unpaired) electrons. The molecule has 15 heteroatoms. The number of carboxylic acid groups (broad SMARTS) is 2. The molecule has 6 atom stereocenters. The number of hydrogen-bond acceptors (Lipinski definition) is 9. The van der Waals surface area contributed by atoms with Crippen LogP contribution in [0.25, 0.3) is 0 Å². The van der Waals surface area contributed by atoms with Gasteiger partial charge in [0, 0.05) is 4.75 Å². The molecule has 212 valence electrons. The lowest BCUT2D eigenvalue weighted by molar-refractivity contribution is -0.161. The van der Waals surface area contributed by atoms with Crippen LogP contribution in [0.15, 0.2) is 30.3 Å². The number of thioether (sulfide) groups is 1. The molecule has 5 rings (SSSR count). The molecule has 4 aliphatic heterocycles. The van der Waals surface area contributed by atoms with Crippen molar-refractivity contribution in [3.8, 4) is 0 Å². The number of nitrogens with two attached hydrogens (primary N) is 1. The van der Waals surface area contributed by atoms with E-state index in [-0.39, 0.29) is 17.7 Å². The van der Waals surface area contributed by atoms with Gasteiger partial charge in [-0.1, -0.05) is 30.3 Å². The van der Waals surface area contributed by atoms with E-state index in [1.54, 1.807) is 38.1 Å². The number of hydrogen-bond donors (Lipinski definition) is 4. The SMILES string of the molecule is CC1(C)S[C@@H]2[C@H](NC(=O)[C@H](N)c3ccccc3)C(=O)N2[C@H]1C(=O)O.CC1(C)[C@H](C(=O)O)N2C(=O)C[C@H]2S1(=O)=O. The lowest BCUT2D eigenvalue weighted by Crippen LogP contribution is -2.71. The highest BCUT2D eigenvalue weighted by Crippen LogP contribution is 2.51. The maximum absolute atomic E-state index is 12.3. The predicted octanol–water partition coefficient (Wildman–Crippen LogP) is -0.477. The van der Waals surface area contributed by atoms with Gasteiger partial charge in [0.05, 0.1) is 11.2 Å². The third kappa shape index (κ3) is 4.36. The Morgan fingerprint density at radius 1 is 1.03 bits per heavy atom. The summed E-state index contributed by atoms with van der Waals surface area (Å²) in [5, 5.41) is 19.7. The third-order valence-electron chi connectivity index (χ3n) is 7.62. The fraction of sp³-hybridized carbons (Fsp3) is 0.542. The van der Waals surface area contributed by atoms with Crippen molar-refractivity contribution in [2.45, 2.75) is 78.5 Å². The molecule has 0 unspecified atom stereocenters. The minimum atomic E-state index is -3.57. The van der Waals surface area contributed by atoms with Crippen molar-refractivity contribution in [2.24, 2.45) is 5.73 Å². The normalized spacial score (nSPS) is 31.5. The second-order valence-corrected chi connectivity index (χ2v) is 15.3. The number of amides is 3. The number of nitrogens with zero attached hydrogens (tertiary/aromatic N) is 2. The Morgan fingerprint density at radius 3 is 2.08 bits per heavy atom. The van der Waals surface area contributed by atoms with Gasteiger partial charge in [-0.3, -0.25) is 14.4 Å². The van der Waals surface area contributed by atoms with Gasteiger partial charge in [-0.15, -0.1) is 11.8 Å². The molecule has 4 heterocycles. The Labute approximate surface area is 229 Å².